The Morgan fingerprint density at radius 2 is 1.87 bits per heavy atom. The monoisotopic (exact) mass is 457 g/mol. The van der Waals surface area contributed by atoms with Crippen LogP contribution in [0.15, 0.2) is 47.4 Å². The maximum Gasteiger partial charge on any atom is 0.338 e. The predicted molar refractivity (Wildman–Crippen MR) is 127 cm³/mol. The van der Waals surface area contributed by atoms with E-state index in [1.807, 2.05) is 25.1 Å². The van der Waals surface area contributed by atoms with Crippen LogP contribution in [0.25, 0.3) is 6.08 Å². The van der Waals surface area contributed by atoms with Gasteiger partial charge >= 0.3 is 5.97 Å². The van der Waals surface area contributed by atoms with E-state index >= 15 is 0 Å². The van der Waals surface area contributed by atoms with Crippen molar-refractivity contribution in [3.63, 3.8) is 0 Å². The fraction of sp³-hybridized carbons (Fsp3) is 0.261. The van der Waals surface area contributed by atoms with Crippen LogP contribution in [0, 0.1) is 0 Å². The molecule has 0 aromatic heterocycles. The first kappa shape index (κ1) is 22.8. The molecule has 1 fully saturated rings. The molecule has 0 bridgehead atoms. The second-order valence-electron chi connectivity index (χ2n) is 6.54. The van der Waals surface area contributed by atoms with Gasteiger partial charge in [0.2, 0.25) is 0 Å². The van der Waals surface area contributed by atoms with Crippen LogP contribution in [-0.4, -0.2) is 36.5 Å². The number of rotatable bonds is 8. The zero-order valence-corrected chi connectivity index (χ0v) is 19.2. The molecule has 0 saturated carbocycles. The highest BCUT2D eigenvalue weighted by Crippen LogP contribution is 2.37. The van der Waals surface area contributed by atoms with Crippen molar-refractivity contribution >= 4 is 51.9 Å². The van der Waals surface area contributed by atoms with E-state index in [1.165, 1.54) is 16.7 Å². The molecule has 0 aliphatic carbocycles. The van der Waals surface area contributed by atoms with E-state index in [9.17, 15) is 9.59 Å². The number of nitrogens with zero attached hydrogens (tertiary/aromatic N) is 1. The smallest absolute Gasteiger partial charge is 0.338 e. The van der Waals surface area contributed by atoms with Gasteiger partial charge in [-0.1, -0.05) is 37.0 Å². The van der Waals surface area contributed by atoms with Gasteiger partial charge in [0.05, 0.1) is 36.5 Å². The number of hydrogen-bond acceptors (Lipinski definition) is 7. The number of ether oxygens (including phenoxy) is 3. The summed E-state index contributed by atoms with van der Waals surface area (Å²) in [6.45, 7) is 4.69. The molecule has 1 aliphatic heterocycles. The summed E-state index contributed by atoms with van der Waals surface area (Å²) in [6, 6.07) is 12.1. The average Bonchev–Trinajstić information content (AvgIpc) is 3.05. The van der Waals surface area contributed by atoms with Crippen LogP contribution in [0.1, 0.15) is 36.2 Å². The number of carbonyl (C=O) groups excluding carboxylic acids is 2. The van der Waals surface area contributed by atoms with Gasteiger partial charge < -0.3 is 14.2 Å². The molecule has 8 heteroatoms. The Kier molecular flexibility index (Phi) is 7.70. The molecule has 2 aromatic carbocycles. The quantitative estimate of drug-likeness (QED) is 0.312. The number of anilines is 1. The van der Waals surface area contributed by atoms with Crippen molar-refractivity contribution < 1.29 is 23.8 Å². The summed E-state index contributed by atoms with van der Waals surface area (Å²) >= 11 is 6.65. The lowest BCUT2D eigenvalue weighted by Crippen LogP contribution is -2.27. The fourth-order valence-electron chi connectivity index (χ4n) is 2.91. The van der Waals surface area contributed by atoms with Crippen LogP contribution in [0.4, 0.5) is 5.69 Å². The maximum absolute atomic E-state index is 13.0. The molecule has 0 spiro atoms. The van der Waals surface area contributed by atoms with E-state index in [0.29, 0.717) is 45.2 Å². The lowest BCUT2D eigenvalue weighted by atomic mass is 10.1. The van der Waals surface area contributed by atoms with Crippen molar-refractivity contribution in [1.29, 1.82) is 0 Å². The summed E-state index contributed by atoms with van der Waals surface area (Å²) in [7, 11) is 1.58. The predicted octanol–water partition coefficient (Wildman–Crippen LogP) is 5.07. The Morgan fingerprint density at radius 1 is 1.13 bits per heavy atom. The van der Waals surface area contributed by atoms with Crippen molar-refractivity contribution in [2.24, 2.45) is 0 Å². The Hall–Kier alpha value is -2.84. The van der Waals surface area contributed by atoms with E-state index in [-0.39, 0.29) is 5.91 Å². The third-order valence-corrected chi connectivity index (χ3v) is 5.68. The van der Waals surface area contributed by atoms with E-state index in [0.717, 1.165) is 12.0 Å². The van der Waals surface area contributed by atoms with Gasteiger partial charge in [-0.3, -0.25) is 9.69 Å². The van der Waals surface area contributed by atoms with E-state index in [4.69, 9.17) is 26.4 Å². The van der Waals surface area contributed by atoms with Gasteiger partial charge in [0.1, 0.15) is 0 Å². The number of thioether (sulfide) groups is 1. The summed E-state index contributed by atoms with van der Waals surface area (Å²) in [5.74, 6) is 0.645. The van der Waals surface area contributed by atoms with Crippen molar-refractivity contribution in [3.05, 3.63) is 58.5 Å². The van der Waals surface area contributed by atoms with Crippen molar-refractivity contribution in [2.75, 3.05) is 25.2 Å². The van der Waals surface area contributed by atoms with E-state index < -0.39 is 5.97 Å². The molecular formula is C23H23NO5S2. The van der Waals surface area contributed by atoms with Crippen LogP contribution >= 0.6 is 24.0 Å². The lowest BCUT2D eigenvalue weighted by Gasteiger charge is -2.14. The van der Waals surface area contributed by atoms with Gasteiger partial charge in [0.15, 0.2) is 15.8 Å². The minimum atomic E-state index is -0.403. The second kappa shape index (κ2) is 10.5. The van der Waals surface area contributed by atoms with Gasteiger partial charge in [-0.15, -0.1) is 0 Å². The molecule has 0 N–H and O–H groups in total. The molecule has 1 amide bonds. The van der Waals surface area contributed by atoms with Gasteiger partial charge in [-0.05, 0) is 61.4 Å². The van der Waals surface area contributed by atoms with Crippen LogP contribution in [0.2, 0.25) is 0 Å². The van der Waals surface area contributed by atoms with E-state index in [1.54, 1.807) is 44.4 Å². The molecule has 31 heavy (non-hydrogen) atoms. The third-order valence-electron chi connectivity index (χ3n) is 4.38. The van der Waals surface area contributed by atoms with E-state index in [2.05, 4.69) is 0 Å². The average molecular weight is 458 g/mol. The number of methoxy groups -OCH3 is 1. The Balaban J connectivity index is 1.81. The minimum Gasteiger partial charge on any atom is -0.493 e. The first-order chi connectivity index (χ1) is 15.0. The number of hydrogen-bond donors (Lipinski definition) is 0. The molecule has 1 saturated heterocycles. The zero-order valence-electron chi connectivity index (χ0n) is 17.5. The highest BCUT2D eigenvalue weighted by atomic mass is 32.2. The van der Waals surface area contributed by atoms with Crippen LogP contribution < -0.4 is 14.4 Å². The minimum absolute atomic E-state index is 0.218. The number of amides is 1. The first-order valence-corrected chi connectivity index (χ1v) is 11.1. The third kappa shape index (κ3) is 5.26. The number of esters is 1. The SMILES string of the molecule is CCCOc1ccc(/C=C2\SC(=S)N(c3ccc(C(=O)OCC)cc3)C2=O)cc1OC. The Morgan fingerprint density at radius 3 is 2.52 bits per heavy atom. The number of thiocarbonyl (C=S) groups is 1. The molecule has 162 valence electrons. The van der Waals surface area contributed by atoms with Gasteiger partial charge in [0, 0.05) is 0 Å². The summed E-state index contributed by atoms with van der Waals surface area (Å²) in [5, 5.41) is 0. The fourth-order valence-corrected chi connectivity index (χ4v) is 4.21. The lowest BCUT2D eigenvalue weighted by molar-refractivity contribution is -0.113. The van der Waals surface area contributed by atoms with Crippen LogP contribution in [0.3, 0.4) is 0 Å². The first-order valence-electron chi connectivity index (χ1n) is 9.84. The molecule has 3 rings (SSSR count). The zero-order chi connectivity index (χ0) is 22.4. The number of carbonyl (C=O) groups is 2. The van der Waals surface area contributed by atoms with Crippen molar-refractivity contribution in [3.8, 4) is 11.5 Å². The molecular weight excluding hydrogens is 434 g/mol. The van der Waals surface area contributed by atoms with Crippen LogP contribution in [0.5, 0.6) is 11.5 Å². The molecule has 0 atom stereocenters. The Labute approximate surface area is 191 Å². The summed E-state index contributed by atoms with van der Waals surface area (Å²) < 4.78 is 16.5. The summed E-state index contributed by atoms with van der Waals surface area (Å²) in [4.78, 5) is 26.8. The maximum atomic E-state index is 13.0. The van der Waals surface area contributed by atoms with Gasteiger partial charge in [0.25, 0.3) is 5.91 Å². The molecule has 1 aliphatic rings. The van der Waals surface area contributed by atoms with Gasteiger partial charge in [-0.25, -0.2) is 4.79 Å². The summed E-state index contributed by atoms with van der Waals surface area (Å²) in [5.41, 5.74) is 1.82. The molecule has 2 aromatic rings. The largest absolute Gasteiger partial charge is 0.493 e. The topological polar surface area (TPSA) is 65.1 Å². The molecule has 6 nitrogen and oxygen atoms in total. The Bertz CT molecular complexity index is 1020. The summed E-state index contributed by atoms with van der Waals surface area (Å²) in [6.07, 6.45) is 2.67. The van der Waals surface area contributed by atoms with Gasteiger partial charge in [-0.2, -0.15) is 0 Å². The standard InChI is InChI=1S/C23H23NO5S2/c1-4-12-29-18-11-6-15(13-19(18)27-3)14-20-21(25)24(23(30)31-20)17-9-7-16(8-10-17)22(26)28-5-2/h6-11,13-14H,4-5,12H2,1-3H3/b20-14-. The van der Waals surface area contributed by atoms with Crippen molar-refractivity contribution in [2.45, 2.75) is 20.3 Å². The normalized spacial score (nSPS) is 14.8. The highest BCUT2D eigenvalue weighted by Gasteiger charge is 2.33. The highest BCUT2D eigenvalue weighted by molar-refractivity contribution is 8.27. The van der Waals surface area contributed by atoms with Crippen molar-refractivity contribution in [1.82, 2.24) is 0 Å². The second-order valence-corrected chi connectivity index (χ2v) is 8.22. The molecule has 0 radical (unpaired) electrons. The molecule has 1 heterocycles. The van der Waals surface area contributed by atoms with Crippen LogP contribution in [-0.2, 0) is 9.53 Å². The molecule has 0 unspecified atom stereocenters. The number of benzene rings is 2.